The van der Waals surface area contributed by atoms with E-state index in [0.717, 1.165) is 19.6 Å². The van der Waals surface area contributed by atoms with Gasteiger partial charge in [0.1, 0.15) is 0 Å². The highest BCUT2D eigenvalue weighted by Gasteiger charge is 2.15. The summed E-state index contributed by atoms with van der Waals surface area (Å²) in [6.45, 7) is 8.22. The van der Waals surface area contributed by atoms with Crippen molar-refractivity contribution in [2.45, 2.75) is 39.2 Å². The van der Waals surface area contributed by atoms with Gasteiger partial charge in [0, 0.05) is 6.54 Å². The average Bonchev–Trinajstić information content (AvgIpc) is 1.87. The molecule has 0 radical (unpaired) electrons. The van der Waals surface area contributed by atoms with Gasteiger partial charge in [0.2, 0.25) is 0 Å². The van der Waals surface area contributed by atoms with Crippen molar-refractivity contribution in [1.29, 1.82) is 0 Å². The number of hydrogen-bond donors (Lipinski definition) is 1. The molecule has 0 saturated carbocycles. The van der Waals surface area contributed by atoms with E-state index in [-0.39, 0.29) is 5.60 Å². The van der Waals surface area contributed by atoms with Crippen molar-refractivity contribution in [3.8, 4) is 0 Å². The Balaban J connectivity index is 3.38. The molecule has 0 saturated heterocycles. The second-order valence-electron chi connectivity index (χ2n) is 3.46. The molecule has 0 unspecified atom stereocenters. The van der Waals surface area contributed by atoms with Crippen LogP contribution in [-0.4, -0.2) is 25.8 Å². The molecule has 0 heterocycles. The Bertz CT molecular complexity index is 91.6. The van der Waals surface area contributed by atoms with Crippen molar-refractivity contribution >= 4 is 0 Å². The lowest BCUT2D eigenvalue weighted by atomic mass is 10.0. The van der Waals surface area contributed by atoms with E-state index < -0.39 is 0 Å². The van der Waals surface area contributed by atoms with Crippen LogP contribution >= 0.6 is 0 Å². The van der Waals surface area contributed by atoms with E-state index in [1.807, 2.05) is 7.05 Å². The number of likely N-dealkylation sites (N-methyl/N-ethyl adjacent to an activating group) is 1. The molecule has 0 rings (SSSR count). The van der Waals surface area contributed by atoms with Crippen LogP contribution in [0.2, 0.25) is 0 Å². The van der Waals surface area contributed by atoms with Gasteiger partial charge in [0.15, 0.2) is 0 Å². The summed E-state index contributed by atoms with van der Waals surface area (Å²) in [6, 6.07) is 0. The molecular formula is C9H21NO. The molecule has 2 heteroatoms. The van der Waals surface area contributed by atoms with Crippen LogP contribution in [0.4, 0.5) is 0 Å². The lowest BCUT2D eigenvalue weighted by molar-refractivity contribution is -0.0213. The molecule has 0 aromatic carbocycles. The summed E-state index contributed by atoms with van der Waals surface area (Å²) >= 11 is 0. The third-order valence-electron chi connectivity index (χ3n) is 1.70. The standard InChI is InChI=1S/C9H21NO/c1-5-6-9(2,3)11-8-7-10-4/h10H,5-8H2,1-4H3. The summed E-state index contributed by atoms with van der Waals surface area (Å²) in [6.07, 6.45) is 2.32. The lowest BCUT2D eigenvalue weighted by Gasteiger charge is -2.24. The molecule has 11 heavy (non-hydrogen) atoms. The zero-order valence-electron chi connectivity index (χ0n) is 8.24. The van der Waals surface area contributed by atoms with E-state index in [4.69, 9.17) is 4.74 Å². The van der Waals surface area contributed by atoms with Gasteiger partial charge >= 0.3 is 0 Å². The van der Waals surface area contributed by atoms with E-state index in [9.17, 15) is 0 Å². The van der Waals surface area contributed by atoms with Crippen LogP contribution in [0.15, 0.2) is 0 Å². The van der Waals surface area contributed by atoms with Gasteiger partial charge in [-0.25, -0.2) is 0 Å². The molecular weight excluding hydrogens is 138 g/mol. The maximum Gasteiger partial charge on any atom is 0.0627 e. The fourth-order valence-corrected chi connectivity index (χ4v) is 1.10. The maximum atomic E-state index is 5.65. The highest BCUT2D eigenvalue weighted by atomic mass is 16.5. The summed E-state index contributed by atoms with van der Waals surface area (Å²) in [5, 5.41) is 3.06. The van der Waals surface area contributed by atoms with Crippen LogP contribution in [0.25, 0.3) is 0 Å². The van der Waals surface area contributed by atoms with Gasteiger partial charge in [0.25, 0.3) is 0 Å². The van der Waals surface area contributed by atoms with E-state index in [1.54, 1.807) is 0 Å². The molecule has 0 aromatic rings. The quantitative estimate of drug-likeness (QED) is 0.597. The van der Waals surface area contributed by atoms with Crippen LogP contribution in [0.1, 0.15) is 33.6 Å². The third kappa shape index (κ3) is 6.32. The van der Waals surface area contributed by atoms with Gasteiger partial charge in [0.05, 0.1) is 12.2 Å². The van der Waals surface area contributed by atoms with Crippen molar-refractivity contribution < 1.29 is 4.74 Å². The summed E-state index contributed by atoms with van der Waals surface area (Å²) in [5.41, 5.74) is 0.0611. The fraction of sp³-hybridized carbons (Fsp3) is 1.00. The smallest absolute Gasteiger partial charge is 0.0627 e. The Morgan fingerprint density at radius 3 is 2.45 bits per heavy atom. The van der Waals surface area contributed by atoms with Gasteiger partial charge in [-0.15, -0.1) is 0 Å². The molecule has 0 aromatic heterocycles. The third-order valence-corrected chi connectivity index (χ3v) is 1.70. The molecule has 0 fully saturated rings. The summed E-state index contributed by atoms with van der Waals surface area (Å²) < 4.78 is 5.65. The van der Waals surface area contributed by atoms with Crippen LogP contribution < -0.4 is 5.32 Å². The zero-order chi connectivity index (χ0) is 8.74. The van der Waals surface area contributed by atoms with Crippen LogP contribution in [-0.2, 0) is 4.74 Å². The molecule has 0 atom stereocenters. The van der Waals surface area contributed by atoms with E-state index in [1.165, 1.54) is 6.42 Å². The van der Waals surface area contributed by atoms with Crippen molar-refractivity contribution in [3.63, 3.8) is 0 Å². The predicted octanol–water partition coefficient (Wildman–Crippen LogP) is 1.80. The Morgan fingerprint density at radius 1 is 1.36 bits per heavy atom. The number of ether oxygens (including phenoxy) is 1. The first-order valence-electron chi connectivity index (χ1n) is 4.41. The average molecular weight is 159 g/mol. The predicted molar refractivity (Wildman–Crippen MR) is 48.9 cm³/mol. The van der Waals surface area contributed by atoms with Crippen LogP contribution in [0.5, 0.6) is 0 Å². The zero-order valence-corrected chi connectivity index (χ0v) is 8.24. The number of rotatable bonds is 6. The van der Waals surface area contributed by atoms with Crippen LogP contribution in [0, 0.1) is 0 Å². The molecule has 1 N–H and O–H groups in total. The molecule has 0 aliphatic heterocycles. The minimum Gasteiger partial charge on any atom is -0.374 e. The SMILES string of the molecule is CCCC(C)(C)OCCNC. The molecule has 0 bridgehead atoms. The fourth-order valence-electron chi connectivity index (χ4n) is 1.10. The van der Waals surface area contributed by atoms with E-state index in [0.29, 0.717) is 0 Å². The Morgan fingerprint density at radius 2 is 2.00 bits per heavy atom. The molecule has 0 amide bonds. The normalized spacial score (nSPS) is 12.0. The van der Waals surface area contributed by atoms with Gasteiger partial charge in [-0.2, -0.15) is 0 Å². The Hall–Kier alpha value is -0.0800. The van der Waals surface area contributed by atoms with Crippen molar-refractivity contribution in [2.75, 3.05) is 20.2 Å². The summed E-state index contributed by atoms with van der Waals surface area (Å²) in [4.78, 5) is 0. The number of nitrogens with one attached hydrogen (secondary N) is 1. The maximum absolute atomic E-state index is 5.65. The first-order valence-corrected chi connectivity index (χ1v) is 4.41. The first kappa shape index (κ1) is 10.9. The van der Waals surface area contributed by atoms with Crippen LogP contribution in [0.3, 0.4) is 0 Å². The highest BCUT2D eigenvalue weighted by Crippen LogP contribution is 2.15. The molecule has 0 spiro atoms. The van der Waals surface area contributed by atoms with Gasteiger partial charge in [-0.05, 0) is 27.3 Å². The summed E-state index contributed by atoms with van der Waals surface area (Å²) in [7, 11) is 1.94. The molecule has 68 valence electrons. The summed E-state index contributed by atoms with van der Waals surface area (Å²) in [5.74, 6) is 0. The molecule has 0 aliphatic carbocycles. The number of hydrogen-bond acceptors (Lipinski definition) is 2. The Kier molecular flexibility index (Phi) is 5.51. The molecule has 2 nitrogen and oxygen atoms in total. The first-order chi connectivity index (χ1) is 5.12. The van der Waals surface area contributed by atoms with Gasteiger partial charge < -0.3 is 10.1 Å². The molecule has 0 aliphatic rings. The lowest BCUT2D eigenvalue weighted by Crippen LogP contribution is -2.28. The topological polar surface area (TPSA) is 21.3 Å². The largest absolute Gasteiger partial charge is 0.374 e. The van der Waals surface area contributed by atoms with Crippen molar-refractivity contribution in [2.24, 2.45) is 0 Å². The highest BCUT2D eigenvalue weighted by molar-refractivity contribution is 4.67. The van der Waals surface area contributed by atoms with Crippen molar-refractivity contribution in [3.05, 3.63) is 0 Å². The minimum atomic E-state index is 0.0611. The van der Waals surface area contributed by atoms with Crippen molar-refractivity contribution in [1.82, 2.24) is 5.32 Å². The van der Waals surface area contributed by atoms with Gasteiger partial charge in [-0.1, -0.05) is 13.3 Å². The van der Waals surface area contributed by atoms with Gasteiger partial charge in [-0.3, -0.25) is 0 Å². The Labute approximate surface area is 70.3 Å². The second-order valence-corrected chi connectivity index (χ2v) is 3.46. The second kappa shape index (κ2) is 5.56. The van der Waals surface area contributed by atoms with E-state index >= 15 is 0 Å². The van der Waals surface area contributed by atoms with E-state index in [2.05, 4.69) is 26.1 Å². The monoisotopic (exact) mass is 159 g/mol. The minimum absolute atomic E-state index is 0.0611.